The van der Waals surface area contributed by atoms with Gasteiger partial charge in [-0.2, -0.15) is 0 Å². The van der Waals surface area contributed by atoms with Crippen molar-refractivity contribution in [3.05, 3.63) is 39.2 Å². The molecule has 1 amide bonds. The zero-order chi connectivity index (χ0) is 16.5. The Morgan fingerprint density at radius 2 is 2.25 bits per heavy atom. The third kappa shape index (κ3) is 3.14. The molecule has 3 aromatic rings. The maximum atomic E-state index is 12.5. The van der Waals surface area contributed by atoms with Gasteiger partial charge in [0.2, 0.25) is 0 Å². The van der Waals surface area contributed by atoms with Crippen LogP contribution in [-0.4, -0.2) is 28.5 Å². The van der Waals surface area contributed by atoms with Crippen molar-refractivity contribution < 1.29 is 4.79 Å². The maximum absolute atomic E-state index is 12.5. The van der Waals surface area contributed by atoms with Crippen molar-refractivity contribution in [1.82, 2.24) is 15.3 Å². The molecule has 0 spiro atoms. The summed E-state index contributed by atoms with van der Waals surface area (Å²) in [5.41, 5.74) is 0.965. The topological polar surface area (TPSA) is 66.9 Å². The average Bonchev–Trinajstić information content (AvgIpc) is 3.10. The van der Waals surface area contributed by atoms with Gasteiger partial charge in [-0.05, 0) is 43.2 Å². The first kappa shape index (κ1) is 15.5. The highest BCUT2D eigenvalue weighted by molar-refractivity contribution is 7.20. The molecule has 0 aliphatic heterocycles. The van der Waals surface area contributed by atoms with Crippen molar-refractivity contribution >= 4 is 44.6 Å². The summed E-state index contributed by atoms with van der Waals surface area (Å²) in [6, 6.07) is 4.64. The molecule has 0 saturated heterocycles. The number of thiophene rings is 2. The fraction of sp³-hybridized carbons (Fsp3) is 0.353. The van der Waals surface area contributed by atoms with Crippen LogP contribution in [-0.2, 0) is 6.42 Å². The summed E-state index contributed by atoms with van der Waals surface area (Å²) in [4.78, 5) is 24.1. The third-order valence-electron chi connectivity index (χ3n) is 4.09. The van der Waals surface area contributed by atoms with Gasteiger partial charge in [-0.1, -0.05) is 6.07 Å². The van der Waals surface area contributed by atoms with Crippen LogP contribution in [0.15, 0.2) is 23.8 Å². The summed E-state index contributed by atoms with van der Waals surface area (Å²) < 4.78 is 0. The van der Waals surface area contributed by atoms with E-state index in [-0.39, 0.29) is 5.91 Å². The Bertz CT molecular complexity index is 868. The van der Waals surface area contributed by atoms with Gasteiger partial charge < -0.3 is 10.6 Å². The molecule has 2 N–H and O–H groups in total. The predicted octanol–water partition coefficient (Wildman–Crippen LogP) is 3.61. The van der Waals surface area contributed by atoms with Crippen LogP contribution in [0.4, 0.5) is 5.82 Å². The molecule has 3 aromatic heterocycles. The lowest BCUT2D eigenvalue weighted by atomic mass is 10.2. The third-order valence-corrected chi connectivity index (χ3v) is 6.22. The number of aromatic nitrogens is 2. The van der Waals surface area contributed by atoms with Crippen molar-refractivity contribution in [2.75, 3.05) is 11.9 Å². The lowest BCUT2D eigenvalue weighted by Gasteiger charge is -2.06. The summed E-state index contributed by atoms with van der Waals surface area (Å²) in [6.07, 6.45) is 4.80. The fourth-order valence-corrected chi connectivity index (χ4v) is 4.43. The van der Waals surface area contributed by atoms with Crippen molar-refractivity contribution in [2.24, 2.45) is 0 Å². The maximum Gasteiger partial charge on any atom is 0.261 e. The van der Waals surface area contributed by atoms with Gasteiger partial charge in [0, 0.05) is 17.5 Å². The number of carbonyl (C=O) groups is 1. The van der Waals surface area contributed by atoms with E-state index < -0.39 is 0 Å². The van der Waals surface area contributed by atoms with Gasteiger partial charge in [0.05, 0.1) is 10.3 Å². The first-order valence-corrected chi connectivity index (χ1v) is 9.73. The first-order chi connectivity index (χ1) is 11.7. The minimum Gasteiger partial charge on any atom is -0.367 e. The second-order valence-corrected chi connectivity index (χ2v) is 7.99. The zero-order valence-corrected chi connectivity index (χ0v) is 15.0. The molecule has 3 heterocycles. The fourth-order valence-electron chi connectivity index (χ4n) is 2.65. The van der Waals surface area contributed by atoms with Gasteiger partial charge >= 0.3 is 0 Å². The van der Waals surface area contributed by atoms with E-state index in [1.165, 1.54) is 29.1 Å². The number of carbonyl (C=O) groups excluding carboxylic acids is 1. The van der Waals surface area contributed by atoms with E-state index in [4.69, 9.17) is 0 Å². The van der Waals surface area contributed by atoms with Crippen LogP contribution in [0.5, 0.6) is 0 Å². The summed E-state index contributed by atoms with van der Waals surface area (Å²) in [6.45, 7) is 2.63. The molecular formula is C17H18N4OS2. The number of hydrogen-bond acceptors (Lipinski definition) is 6. The van der Waals surface area contributed by atoms with Crippen LogP contribution >= 0.6 is 22.7 Å². The molecule has 1 fully saturated rings. The molecule has 1 aliphatic rings. The number of amides is 1. The summed E-state index contributed by atoms with van der Waals surface area (Å²) in [7, 11) is 0. The van der Waals surface area contributed by atoms with E-state index in [1.54, 1.807) is 17.7 Å². The first-order valence-electron chi connectivity index (χ1n) is 8.03. The van der Waals surface area contributed by atoms with Gasteiger partial charge in [-0.3, -0.25) is 4.79 Å². The number of fused-ring (bicyclic) bond motifs is 1. The highest BCUT2D eigenvalue weighted by Gasteiger charge is 2.24. The van der Waals surface area contributed by atoms with E-state index in [9.17, 15) is 4.79 Å². The van der Waals surface area contributed by atoms with E-state index >= 15 is 0 Å². The van der Waals surface area contributed by atoms with E-state index in [0.29, 0.717) is 12.6 Å². The average molecular weight is 358 g/mol. The molecule has 1 aliphatic carbocycles. The Hall–Kier alpha value is -1.99. The van der Waals surface area contributed by atoms with Gasteiger partial charge in [0.1, 0.15) is 17.0 Å². The van der Waals surface area contributed by atoms with Crippen LogP contribution in [0.25, 0.3) is 10.2 Å². The van der Waals surface area contributed by atoms with E-state index in [1.807, 2.05) is 13.0 Å². The normalized spacial score (nSPS) is 14.0. The quantitative estimate of drug-likeness (QED) is 0.706. The molecule has 7 heteroatoms. The van der Waals surface area contributed by atoms with Gasteiger partial charge in [0.15, 0.2) is 0 Å². The second kappa shape index (κ2) is 6.49. The molecule has 0 bridgehead atoms. The molecule has 1 saturated carbocycles. The van der Waals surface area contributed by atoms with Crippen LogP contribution in [0.3, 0.4) is 0 Å². The standard InChI is InChI=1S/C17H18N4OS2/c1-10-13-15(21-11-4-5-11)19-9-20-17(13)24-14(10)16(22)18-7-6-12-3-2-8-23-12/h2-3,8-9,11H,4-7H2,1H3,(H,18,22)(H,19,20,21). The molecule has 0 atom stereocenters. The lowest BCUT2D eigenvalue weighted by molar-refractivity contribution is 0.0958. The number of nitrogens with one attached hydrogen (secondary N) is 2. The monoisotopic (exact) mass is 358 g/mol. The Balaban J connectivity index is 1.52. The predicted molar refractivity (Wildman–Crippen MR) is 99.2 cm³/mol. The van der Waals surface area contributed by atoms with Gasteiger partial charge in [0.25, 0.3) is 5.91 Å². The molecule has 0 radical (unpaired) electrons. The Kier molecular flexibility index (Phi) is 4.20. The van der Waals surface area contributed by atoms with Crippen LogP contribution < -0.4 is 10.6 Å². The van der Waals surface area contributed by atoms with E-state index in [2.05, 4.69) is 32.0 Å². The number of hydrogen-bond donors (Lipinski definition) is 2. The molecule has 0 unspecified atom stereocenters. The number of nitrogens with zero attached hydrogens (tertiary/aromatic N) is 2. The van der Waals surface area contributed by atoms with Crippen molar-refractivity contribution in [3.63, 3.8) is 0 Å². The summed E-state index contributed by atoms with van der Waals surface area (Å²) >= 11 is 3.16. The number of aryl methyl sites for hydroxylation is 1. The number of rotatable bonds is 6. The summed E-state index contributed by atoms with van der Waals surface area (Å²) in [5.74, 6) is 0.832. The van der Waals surface area contributed by atoms with Gasteiger partial charge in [-0.15, -0.1) is 22.7 Å². The Morgan fingerprint density at radius 1 is 1.38 bits per heavy atom. The van der Waals surface area contributed by atoms with Crippen molar-refractivity contribution in [2.45, 2.75) is 32.2 Å². The molecular weight excluding hydrogens is 340 g/mol. The molecule has 0 aromatic carbocycles. The van der Waals surface area contributed by atoms with Crippen LogP contribution in [0.1, 0.15) is 33.0 Å². The SMILES string of the molecule is Cc1c(C(=O)NCCc2cccs2)sc2ncnc(NC3CC3)c12. The minimum atomic E-state index is -0.0237. The Morgan fingerprint density at radius 3 is 3.00 bits per heavy atom. The number of anilines is 1. The molecule has 124 valence electrons. The second-order valence-electron chi connectivity index (χ2n) is 5.96. The van der Waals surface area contributed by atoms with Crippen LogP contribution in [0, 0.1) is 6.92 Å². The van der Waals surface area contributed by atoms with Gasteiger partial charge in [-0.25, -0.2) is 9.97 Å². The van der Waals surface area contributed by atoms with Crippen molar-refractivity contribution in [1.29, 1.82) is 0 Å². The Labute approximate surface area is 148 Å². The smallest absolute Gasteiger partial charge is 0.261 e. The minimum absolute atomic E-state index is 0.0237. The summed E-state index contributed by atoms with van der Waals surface area (Å²) in [5, 5.41) is 9.50. The molecule has 5 nitrogen and oxygen atoms in total. The zero-order valence-electron chi connectivity index (χ0n) is 13.3. The molecule has 24 heavy (non-hydrogen) atoms. The van der Waals surface area contributed by atoms with E-state index in [0.717, 1.165) is 32.9 Å². The highest BCUT2D eigenvalue weighted by atomic mass is 32.1. The van der Waals surface area contributed by atoms with Crippen LogP contribution in [0.2, 0.25) is 0 Å². The highest BCUT2D eigenvalue weighted by Crippen LogP contribution is 2.35. The largest absolute Gasteiger partial charge is 0.367 e. The lowest BCUT2D eigenvalue weighted by Crippen LogP contribution is -2.25. The van der Waals surface area contributed by atoms with Crippen molar-refractivity contribution in [3.8, 4) is 0 Å². The molecule has 4 rings (SSSR count).